The number of hydrogen-bond acceptors (Lipinski definition) is 3. The van der Waals surface area contributed by atoms with Crippen LogP contribution in [0.3, 0.4) is 0 Å². The first-order valence-electron chi connectivity index (χ1n) is 11.3. The van der Waals surface area contributed by atoms with Crippen LogP contribution >= 0.6 is 0 Å². The summed E-state index contributed by atoms with van der Waals surface area (Å²) >= 11 is 0. The molecular formula is C24H39NO4. The van der Waals surface area contributed by atoms with Crippen molar-refractivity contribution in [2.45, 2.75) is 103 Å². The fraction of sp³-hybridized carbons (Fsp3) is 0.667. The molecule has 3 N–H and O–H groups in total. The summed E-state index contributed by atoms with van der Waals surface area (Å²) < 4.78 is 0. The third-order valence-electron chi connectivity index (χ3n) is 5.27. The fourth-order valence-electron chi connectivity index (χ4n) is 3.46. The molecule has 1 aromatic carbocycles. The lowest BCUT2D eigenvalue weighted by Crippen LogP contribution is -2.42. The van der Waals surface area contributed by atoms with E-state index in [2.05, 4.69) is 12.2 Å². The Balaban J connectivity index is 2.08. The largest absolute Gasteiger partial charge is 0.508 e. The number of aromatic hydroxyl groups is 1. The van der Waals surface area contributed by atoms with Crippen LogP contribution in [0.15, 0.2) is 24.3 Å². The molecule has 0 radical (unpaired) electrons. The van der Waals surface area contributed by atoms with Crippen molar-refractivity contribution in [2.75, 3.05) is 0 Å². The van der Waals surface area contributed by atoms with Crippen molar-refractivity contribution < 1.29 is 19.8 Å². The average molecular weight is 406 g/mol. The zero-order chi connectivity index (χ0) is 21.3. The van der Waals surface area contributed by atoms with Gasteiger partial charge in [-0.3, -0.25) is 4.79 Å². The van der Waals surface area contributed by atoms with E-state index in [0.29, 0.717) is 6.42 Å². The smallest absolute Gasteiger partial charge is 0.326 e. The Hall–Kier alpha value is -2.04. The first-order valence-corrected chi connectivity index (χ1v) is 11.3. The maximum absolute atomic E-state index is 12.1. The molecule has 0 aliphatic carbocycles. The Labute approximate surface area is 175 Å². The van der Waals surface area contributed by atoms with E-state index in [4.69, 9.17) is 0 Å². The van der Waals surface area contributed by atoms with Crippen molar-refractivity contribution in [1.29, 1.82) is 0 Å². The SMILES string of the molecule is CCCCCCCCCCCCCCC(=O)NC(Cc1ccc(O)cc1)C(=O)O. The van der Waals surface area contributed by atoms with E-state index in [1.165, 1.54) is 69.9 Å². The maximum atomic E-state index is 12.1. The predicted molar refractivity (Wildman–Crippen MR) is 117 cm³/mol. The highest BCUT2D eigenvalue weighted by atomic mass is 16.4. The number of benzene rings is 1. The summed E-state index contributed by atoms with van der Waals surface area (Å²) in [6.45, 7) is 2.24. The van der Waals surface area contributed by atoms with Crippen LogP contribution in [-0.2, 0) is 16.0 Å². The Morgan fingerprint density at radius 2 is 1.31 bits per heavy atom. The highest BCUT2D eigenvalue weighted by Gasteiger charge is 2.20. The second kappa shape index (κ2) is 15.8. The molecule has 0 bridgehead atoms. The Morgan fingerprint density at radius 3 is 1.79 bits per heavy atom. The van der Waals surface area contributed by atoms with Crippen molar-refractivity contribution in [3.63, 3.8) is 0 Å². The number of carbonyl (C=O) groups is 2. The van der Waals surface area contributed by atoms with Crippen molar-refractivity contribution >= 4 is 11.9 Å². The van der Waals surface area contributed by atoms with Crippen LogP contribution in [0, 0.1) is 0 Å². The minimum atomic E-state index is -1.04. The molecule has 0 saturated carbocycles. The van der Waals surface area contributed by atoms with E-state index >= 15 is 0 Å². The van der Waals surface area contributed by atoms with Gasteiger partial charge >= 0.3 is 5.97 Å². The van der Waals surface area contributed by atoms with Crippen LogP contribution in [0.25, 0.3) is 0 Å². The lowest BCUT2D eigenvalue weighted by molar-refractivity contribution is -0.141. The Bertz CT molecular complexity index is 571. The minimum absolute atomic E-state index is 0.136. The molecule has 0 heterocycles. The van der Waals surface area contributed by atoms with Crippen LogP contribution in [-0.4, -0.2) is 28.1 Å². The van der Waals surface area contributed by atoms with Gasteiger partial charge in [0.2, 0.25) is 5.91 Å². The maximum Gasteiger partial charge on any atom is 0.326 e. The predicted octanol–water partition coefficient (Wildman–Crippen LogP) is 5.60. The lowest BCUT2D eigenvalue weighted by atomic mass is 10.0. The highest BCUT2D eigenvalue weighted by molar-refractivity contribution is 5.83. The number of phenolic OH excluding ortho intramolecular Hbond substituents is 1. The minimum Gasteiger partial charge on any atom is -0.508 e. The molecule has 0 spiro atoms. The Kier molecular flexibility index (Phi) is 13.6. The molecule has 1 unspecified atom stereocenters. The summed E-state index contributed by atoms with van der Waals surface area (Å²) in [5, 5.41) is 21.3. The normalized spacial score (nSPS) is 11.9. The lowest BCUT2D eigenvalue weighted by Gasteiger charge is -2.14. The van der Waals surface area contributed by atoms with Crippen LogP contribution in [0.4, 0.5) is 0 Å². The third kappa shape index (κ3) is 12.9. The number of aliphatic carboxylic acids is 1. The van der Waals surface area contributed by atoms with Crippen LogP contribution in [0.1, 0.15) is 96.0 Å². The van der Waals surface area contributed by atoms with Crippen molar-refractivity contribution in [1.82, 2.24) is 5.32 Å². The van der Waals surface area contributed by atoms with Gasteiger partial charge in [0.15, 0.2) is 0 Å². The molecule has 5 heteroatoms. The molecule has 5 nitrogen and oxygen atoms in total. The van der Waals surface area contributed by atoms with Crippen molar-refractivity contribution in [2.24, 2.45) is 0 Å². The summed E-state index contributed by atoms with van der Waals surface area (Å²) in [6, 6.07) is 5.43. The van der Waals surface area contributed by atoms with Gasteiger partial charge < -0.3 is 15.5 Å². The van der Waals surface area contributed by atoms with Gasteiger partial charge in [-0.25, -0.2) is 4.79 Å². The molecule has 29 heavy (non-hydrogen) atoms. The van der Waals surface area contributed by atoms with Crippen LogP contribution in [0.5, 0.6) is 5.75 Å². The monoisotopic (exact) mass is 405 g/mol. The molecule has 1 aromatic rings. The topological polar surface area (TPSA) is 86.6 Å². The number of carboxylic acids is 1. The van der Waals surface area contributed by atoms with Crippen molar-refractivity contribution in [3.05, 3.63) is 29.8 Å². The van der Waals surface area contributed by atoms with Crippen LogP contribution < -0.4 is 5.32 Å². The molecular weight excluding hydrogens is 366 g/mol. The number of nitrogens with one attached hydrogen (secondary N) is 1. The summed E-state index contributed by atoms with van der Waals surface area (Å²) in [7, 11) is 0. The molecule has 0 aliphatic heterocycles. The van der Waals surface area contributed by atoms with Gasteiger partial charge in [-0.15, -0.1) is 0 Å². The number of hydrogen-bond donors (Lipinski definition) is 3. The zero-order valence-corrected chi connectivity index (χ0v) is 18.0. The summed E-state index contributed by atoms with van der Waals surface area (Å²) in [4.78, 5) is 23.5. The highest BCUT2D eigenvalue weighted by Crippen LogP contribution is 2.13. The quantitative estimate of drug-likeness (QED) is 0.295. The fourth-order valence-corrected chi connectivity index (χ4v) is 3.46. The van der Waals surface area contributed by atoms with Gasteiger partial charge in [-0.2, -0.15) is 0 Å². The molecule has 1 amide bonds. The molecule has 0 saturated heterocycles. The van der Waals surface area contributed by atoms with Gasteiger partial charge in [0, 0.05) is 12.8 Å². The number of carbonyl (C=O) groups excluding carboxylic acids is 1. The third-order valence-corrected chi connectivity index (χ3v) is 5.27. The number of unbranched alkanes of at least 4 members (excludes halogenated alkanes) is 11. The average Bonchev–Trinajstić information content (AvgIpc) is 2.70. The van der Waals surface area contributed by atoms with Gasteiger partial charge in [-0.05, 0) is 24.1 Å². The van der Waals surface area contributed by atoms with Gasteiger partial charge in [0.05, 0.1) is 0 Å². The second-order valence-electron chi connectivity index (χ2n) is 7.97. The van der Waals surface area contributed by atoms with E-state index < -0.39 is 12.0 Å². The van der Waals surface area contributed by atoms with Gasteiger partial charge in [0.1, 0.15) is 11.8 Å². The van der Waals surface area contributed by atoms with E-state index in [1.807, 2.05) is 0 Å². The second-order valence-corrected chi connectivity index (χ2v) is 7.97. The van der Waals surface area contributed by atoms with Gasteiger partial charge in [0.25, 0.3) is 0 Å². The zero-order valence-electron chi connectivity index (χ0n) is 18.0. The van der Waals surface area contributed by atoms with E-state index in [1.54, 1.807) is 12.1 Å². The van der Waals surface area contributed by atoms with E-state index in [9.17, 15) is 19.8 Å². The number of carboxylic acid groups (broad SMARTS) is 1. The van der Waals surface area contributed by atoms with E-state index in [-0.39, 0.29) is 18.1 Å². The first-order chi connectivity index (χ1) is 14.0. The number of rotatable bonds is 17. The van der Waals surface area contributed by atoms with Crippen molar-refractivity contribution in [3.8, 4) is 5.75 Å². The standard InChI is InChI=1S/C24H39NO4/c1-2-3-4-5-6-7-8-9-10-11-12-13-14-23(27)25-22(24(28)29)19-20-15-17-21(26)18-16-20/h15-18,22,26H,2-14,19H2,1H3,(H,25,27)(H,28,29). The summed E-state index contributed by atoms with van der Waals surface area (Å²) in [5.41, 5.74) is 0.765. The molecule has 0 aromatic heterocycles. The first kappa shape index (κ1) is 25.0. The van der Waals surface area contributed by atoms with Crippen LogP contribution in [0.2, 0.25) is 0 Å². The summed E-state index contributed by atoms with van der Waals surface area (Å²) in [5.74, 6) is -1.11. The number of phenols is 1. The molecule has 1 atom stereocenters. The molecule has 0 fully saturated rings. The number of amides is 1. The van der Waals surface area contributed by atoms with Gasteiger partial charge in [-0.1, -0.05) is 89.7 Å². The molecule has 0 aliphatic rings. The molecule has 164 valence electrons. The molecule has 1 rings (SSSR count). The van der Waals surface area contributed by atoms with E-state index in [0.717, 1.165) is 24.8 Å². The Morgan fingerprint density at radius 1 is 0.828 bits per heavy atom. The summed E-state index contributed by atoms with van der Waals surface area (Å²) in [6.07, 6.45) is 15.4.